The highest BCUT2D eigenvalue weighted by atomic mass is 32.2. The van der Waals surface area contributed by atoms with E-state index in [-0.39, 0.29) is 5.84 Å². The van der Waals surface area contributed by atoms with E-state index in [1.54, 1.807) is 7.05 Å². The number of nitrogens with one attached hydrogen (secondary N) is 1. The fraction of sp³-hybridized carbons (Fsp3) is 0.444. The fourth-order valence-corrected chi connectivity index (χ4v) is 3.13. The van der Waals surface area contributed by atoms with Crippen LogP contribution in [-0.4, -0.2) is 57.6 Å². The predicted octanol–water partition coefficient (Wildman–Crippen LogP) is -1.36. The second-order valence-electron chi connectivity index (χ2n) is 4.51. The molecule has 1 unspecified atom stereocenters. The van der Waals surface area contributed by atoms with Crippen molar-refractivity contribution in [3.05, 3.63) is 23.5 Å². The van der Waals surface area contributed by atoms with Crippen LogP contribution >= 0.6 is 0 Å². The van der Waals surface area contributed by atoms with Gasteiger partial charge in [0.25, 0.3) is 5.84 Å². The predicted molar refractivity (Wildman–Crippen MR) is 65.2 cm³/mol. The summed E-state index contributed by atoms with van der Waals surface area (Å²) < 4.78 is 34.0. The molecule has 0 spiro atoms. The van der Waals surface area contributed by atoms with Crippen molar-refractivity contribution < 1.29 is 16.9 Å². The first-order valence-electron chi connectivity index (χ1n) is 5.57. The van der Waals surface area contributed by atoms with Gasteiger partial charge in [0.2, 0.25) is 5.82 Å². The fourth-order valence-electron chi connectivity index (χ4n) is 2.34. The Bertz CT molecular complexity index is 718. The third-order valence-corrected chi connectivity index (χ3v) is 4.77. The molecular formula is C9H13N6O3S+. The molecule has 2 N–H and O–H groups in total. The lowest BCUT2D eigenvalue weighted by Crippen LogP contribution is -2.53. The van der Waals surface area contributed by atoms with Crippen LogP contribution in [0.4, 0.5) is 0 Å². The largest absolute Gasteiger partial charge is 0.443 e. The minimum absolute atomic E-state index is 0.161. The molecule has 2 aliphatic rings. The zero-order chi connectivity index (χ0) is 13.8. The number of aromatic nitrogens is 3. The van der Waals surface area contributed by atoms with Gasteiger partial charge in [-0.05, 0) is 0 Å². The lowest BCUT2D eigenvalue weighted by atomic mass is 10.4. The maximum Gasteiger partial charge on any atom is 0.443 e. The Balaban J connectivity index is 2.24. The van der Waals surface area contributed by atoms with Crippen LogP contribution in [0.1, 0.15) is 5.82 Å². The standard InChI is InChI=1S/C9H12N6O3S/c1-14-8(11-5-12-14)9-13-6-3-10-4-7(6)15(9,2)19(16,17)18/h5,10H,3-4H2,1-2H3/p+1. The minimum Gasteiger partial charge on any atom is -0.302 e. The zero-order valence-electron chi connectivity index (χ0n) is 10.4. The van der Waals surface area contributed by atoms with Crippen molar-refractivity contribution in [2.75, 3.05) is 20.1 Å². The van der Waals surface area contributed by atoms with Gasteiger partial charge in [0.1, 0.15) is 12.0 Å². The van der Waals surface area contributed by atoms with Crippen molar-refractivity contribution in [2.45, 2.75) is 0 Å². The van der Waals surface area contributed by atoms with Crippen LogP contribution in [0, 0.1) is 0 Å². The third-order valence-electron chi connectivity index (χ3n) is 3.45. The highest BCUT2D eigenvalue weighted by molar-refractivity contribution is 7.80. The van der Waals surface area contributed by atoms with Crippen LogP contribution in [0.25, 0.3) is 0 Å². The summed E-state index contributed by atoms with van der Waals surface area (Å²) in [5, 5.41) is 6.92. The Kier molecular flexibility index (Phi) is 2.41. The van der Waals surface area contributed by atoms with E-state index >= 15 is 0 Å². The van der Waals surface area contributed by atoms with Crippen molar-refractivity contribution in [2.24, 2.45) is 12.0 Å². The van der Waals surface area contributed by atoms with E-state index in [0.717, 1.165) is 0 Å². The van der Waals surface area contributed by atoms with Gasteiger partial charge in [0, 0.05) is 13.6 Å². The summed E-state index contributed by atoms with van der Waals surface area (Å²) in [6.07, 6.45) is 1.31. The topological polar surface area (TPSA) is 109 Å². The summed E-state index contributed by atoms with van der Waals surface area (Å²) in [6.45, 7) is 0.830. The summed E-state index contributed by atoms with van der Waals surface area (Å²) >= 11 is 0. The summed E-state index contributed by atoms with van der Waals surface area (Å²) in [7, 11) is -1.39. The second-order valence-corrected chi connectivity index (χ2v) is 6.14. The number of hydrogen-bond donors (Lipinski definition) is 2. The van der Waals surface area contributed by atoms with Crippen molar-refractivity contribution in [1.82, 2.24) is 20.1 Å². The van der Waals surface area contributed by atoms with Gasteiger partial charge >= 0.3 is 10.3 Å². The Morgan fingerprint density at radius 3 is 2.79 bits per heavy atom. The van der Waals surface area contributed by atoms with Gasteiger partial charge in [0.15, 0.2) is 5.70 Å². The summed E-state index contributed by atoms with van der Waals surface area (Å²) in [4.78, 5) is 8.33. The van der Waals surface area contributed by atoms with Crippen LogP contribution in [0.15, 0.2) is 22.7 Å². The highest BCUT2D eigenvalue weighted by Crippen LogP contribution is 2.34. The van der Waals surface area contributed by atoms with Gasteiger partial charge in [-0.2, -0.15) is 10.1 Å². The SMILES string of the molecule is Cn1ncnc1C1=NC2=C(CNC2)[N+]1(C)S(=O)(=O)O. The van der Waals surface area contributed by atoms with Crippen molar-refractivity contribution in [3.8, 4) is 0 Å². The Labute approximate surface area is 109 Å². The molecular weight excluding hydrogens is 272 g/mol. The molecule has 0 aromatic carbocycles. The van der Waals surface area contributed by atoms with Crippen molar-refractivity contribution in [1.29, 1.82) is 0 Å². The van der Waals surface area contributed by atoms with Crippen LogP contribution in [0.2, 0.25) is 0 Å². The van der Waals surface area contributed by atoms with Crippen molar-refractivity contribution in [3.63, 3.8) is 0 Å². The van der Waals surface area contributed by atoms with Gasteiger partial charge in [-0.15, -0.1) is 12.3 Å². The number of nitrogens with zero attached hydrogens (tertiary/aromatic N) is 5. The van der Waals surface area contributed by atoms with E-state index < -0.39 is 14.2 Å². The molecule has 2 aliphatic heterocycles. The first-order chi connectivity index (χ1) is 8.85. The van der Waals surface area contributed by atoms with E-state index in [4.69, 9.17) is 0 Å². The second kappa shape index (κ2) is 3.70. The van der Waals surface area contributed by atoms with Crippen LogP contribution in [0.5, 0.6) is 0 Å². The lowest BCUT2D eigenvalue weighted by Gasteiger charge is -2.26. The van der Waals surface area contributed by atoms with Crippen LogP contribution < -0.4 is 5.32 Å². The highest BCUT2D eigenvalue weighted by Gasteiger charge is 2.55. The third kappa shape index (κ3) is 1.51. The molecule has 3 heterocycles. The molecule has 0 amide bonds. The first-order valence-corrected chi connectivity index (χ1v) is 6.96. The summed E-state index contributed by atoms with van der Waals surface area (Å²) in [5.41, 5.74) is 1.14. The average Bonchev–Trinajstić information content (AvgIpc) is 2.95. The van der Waals surface area contributed by atoms with Gasteiger partial charge in [-0.25, -0.2) is 14.2 Å². The average molecular weight is 285 g/mol. The number of rotatable bonds is 2. The molecule has 1 aromatic rings. The number of quaternary nitrogens is 1. The van der Waals surface area contributed by atoms with E-state index in [2.05, 4.69) is 20.4 Å². The number of aryl methyl sites for hydroxylation is 1. The molecule has 0 saturated carbocycles. The Hall–Kier alpha value is -1.62. The maximum atomic E-state index is 11.8. The molecule has 9 nitrogen and oxygen atoms in total. The molecule has 0 bridgehead atoms. The molecule has 3 rings (SSSR count). The summed E-state index contributed by atoms with van der Waals surface area (Å²) in [6, 6.07) is 0. The molecule has 1 aromatic heterocycles. The normalized spacial score (nSPS) is 26.8. The Morgan fingerprint density at radius 1 is 1.47 bits per heavy atom. The molecule has 0 saturated heterocycles. The summed E-state index contributed by atoms with van der Waals surface area (Å²) in [5.74, 6) is 0.475. The number of hydrogen-bond acceptors (Lipinski definition) is 6. The maximum absolute atomic E-state index is 11.8. The molecule has 102 valence electrons. The lowest BCUT2D eigenvalue weighted by molar-refractivity contribution is -0.643. The van der Waals surface area contributed by atoms with Gasteiger partial charge < -0.3 is 5.32 Å². The smallest absolute Gasteiger partial charge is 0.302 e. The monoisotopic (exact) mass is 285 g/mol. The quantitative estimate of drug-likeness (QED) is 0.513. The number of aliphatic imine (C=N–C) groups is 1. The molecule has 0 fully saturated rings. The van der Waals surface area contributed by atoms with Crippen molar-refractivity contribution >= 4 is 16.1 Å². The molecule has 10 heteroatoms. The van der Waals surface area contributed by atoms with Crippen LogP contribution in [-0.2, 0) is 17.4 Å². The number of likely N-dealkylation sites (N-methyl/N-ethyl adjacent to an activating group) is 1. The first kappa shape index (κ1) is 12.4. The van der Waals surface area contributed by atoms with Gasteiger partial charge in [0.05, 0.1) is 13.6 Å². The molecule has 1 atom stereocenters. The molecule has 0 radical (unpaired) electrons. The van der Waals surface area contributed by atoms with Gasteiger partial charge in [-0.1, -0.05) is 0 Å². The Morgan fingerprint density at radius 2 is 2.21 bits per heavy atom. The minimum atomic E-state index is -4.42. The van der Waals surface area contributed by atoms with E-state index in [1.165, 1.54) is 18.1 Å². The van der Waals surface area contributed by atoms with E-state index in [9.17, 15) is 13.0 Å². The van der Waals surface area contributed by atoms with E-state index in [1.807, 2.05) is 0 Å². The zero-order valence-corrected chi connectivity index (χ0v) is 11.2. The molecule has 0 aliphatic carbocycles. The van der Waals surface area contributed by atoms with E-state index in [0.29, 0.717) is 30.3 Å². The van der Waals surface area contributed by atoms with Crippen LogP contribution in [0.3, 0.4) is 0 Å². The van der Waals surface area contributed by atoms with Gasteiger partial charge in [-0.3, -0.25) is 0 Å². The number of amidine groups is 1. The molecule has 19 heavy (non-hydrogen) atoms.